The molecule has 2 rings (SSSR count). The van der Waals surface area contributed by atoms with Gasteiger partial charge in [0, 0.05) is 13.6 Å². The molecule has 3 N–H and O–H groups in total. The van der Waals surface area contributed by atoms with Crippen molar-refractivity contribution in [3.63, 3.8) is 0 Å². The van der Waals surface area contributed by atoms with Gasteiger partial charge in [-0.25, -0.2) is 0 Å². The highest BCUT2D eigenvalue weighted by atomic mass is 35.5. The van der Waals surface area contributed by atoms with E-state index in [-0.39, 0.29) is 11.9 Å². The molecule has 0 spiro atoms. The Kier molecular flexibility index (Phi) is 4.31. The van der Waals surface area contributed by atoms with Crippen molar-refractivity contribution in [2.24, 2.45) is 17.9 Å². The monoisotopic (exact) mass is 285 g/mol. The smallest absolute Gasteiger partial charge is 0.156 e. The van der Waals surface area contributed by atoms with Crippen LogP contribution in [0, 0.1) is 6.92 Å². The van der Waals surface area contributed by atoms with Crippen molar-refractivity contribution < 1.29 is 5.21 Å². The van der Waals surface area contributed by atoms with Crippen molar-refractivity contribution in [2.75, 3.05) is 6.54 Å². The third-order valence-corrected chi connectivity index (χ3v) is 4.18. The van der Waals surface area contributed by atoms with Gasteiger partial charge in [0.1, 0.15) is 0 Å². The van der Waals surface area contributed by atoms with Crippen LogP contribution in [0.5, 0.6) is 0 Å². The van der Waals surface area contributed by atoms with Gasteiger partial charge in [-0.15, -0.1) is 0 Å². The van der Waals surface area contributed by atoms with Gasteiger partial charge in [-0.1, -0.05) is 23.2 Å². The van der Waals surface area contributed by atoms with Crippen molar-refractivity contribution in [3.8, 4) is 0 Å². The van der Waals surface area contributed by atoms with E-state index >= 15 is 0 Å². The van der Waals surface area contributed by atoms with E-state index in [2.05, 4.69) is 15.2 Å². The van der Waals surface area contributed by atoms with E-state index in [1.165, 1.54) is 0 Å². The van der Waals surface area contributed by atoms with E-state index in [0.29, 0.717) is 11.6 Å². The van der Waals surface area contributed by atoms with Gasteiger partial charge in [-0.3, -0.25) is 9.58 Å². The quantitative estimate of drug-likeness (QED) is 0.382. The highest BCUT2D eigenvalue weighted by Gasteiger charge is 2.27. The SMILES string of the molecule is Cc1nn(C)c(CN2CCCCC2C(N)=NO)c1Cl. The first-order chi connectivity index (χ1) is 9.04. The number of oxime groups is 1. The fourth-order valence-corrected chi connectivity index (χ4v) is 2.85. The molecule has 0 amide bonds. The Bertz CT molecular complexity index is 485. The minimum absolute atomic E-state index is 0.0231. The maximum atomic E-state index is 8.88. The molecule has 1 aromatic heterocycles. The minimum Gasteiger partial charge on any atom is -0.409 e. The number of piperidine rings is 1. The Labute approximate surface area is 117 Å². The van der Waals surface area contributed by atoms with E-state index < -0.39 is 0 Å². The van der Waals surface area contributed by atoms with Gasteiger partial charge in [-0.2, -0.15) is 5.10 Å². The van der Waals surface area contributed by atoms with Crippen LogP contribution < -0.4 is 5.73 Å². The summed E-state index contributed by atoms with van der Waals surface area (Å²) in [7, 11) is 1.89. The van der Waals surface area contributed by atoms with E-state index in [0.717, 1.165) is 37.2 Å². The second kappa shape index (κ2) is 5.79. The third-order valence-electron chi connectivity index (χ3n) is 3.69. The molecule has 0 saturated carbocycles. The fourth-order valence-electron chi connectivity index (χ4n) is 2.63. The average Bonchev–Trinajstić information content (AvgIpc) is 2.65. The molecule has 0 bridgehead atoms. The van der Waals surface area contributed by atoms with Gasteiger partial charge in [0.25, 0.3) is 0 Å². The zero-order chi connectivity index (χ0) is 14.0. The highest BCUT2D eigenvalue weighted by molar-refractivity contribution is 6.31. The van der Waals surface area contributed by atoms with Gasteiger partial charge in [0.05, 0.1) is 22.5 Å². The number of hydrogen-bond acceptors (Lipinski definition) is 4. The Morgan fingerprint density at radius 1 is 1.58 bits per heavy atom. The Morgan fingerprint density at radius 3 is 2.89 bits per heavy atom. The van der Waals surface area contributed by atoms with Crippen LogP contribution in [0.4, 0.5) is 0 Å². The number of amidine groups is 1. The summed E-state index contributed by atoms with van der Waals surface area (Å²) in [4.78, 5) is 2.20. The number of halogens is 1. The maximum Gasteiger partial charge on any atom is 0.156 e. The average molecular weight is 286 g/mol. The zero-order valence-corrected chi connectivity index (χ0v) is 12.1. The molecule has 1 aromatic rings. The Balaban J connectivity index is 2.20. The van der Waals surface area contributed by atoms with Crippen LogP contribution in [0.25, 0.3) is 0 Å². The molecular weight excluding hydrogens is 266 g/mol. The number of aromatic nitrogens is 2. The van der Waals surface area contributed by atoms with E-state index in [4.69, 9.17) is 22.5 Å². The van der Waals surface area contributed by atoms with Crippen LogP contribution in [0.15, 0.2) is 5.16 Å². The Morgan fingerprint density at radius 2 is 2.32 bits per heavy atom. The van der Waals surface area contributed by atoms with Crippen LogP contribution in [0.1, 0.15) is 30.7 Å². The van der Waals surface area contributed by atoms with Gasteiger partial charge in [0.15, 0.2) is 5.84 Å². The number of aryl methyl sites for hydroxylation is 2. The summed E-state index contributed by atoms with van der Waals surface area (Å²) >= 11 is 6.27. The molecule has 1 aliphatic rings. The molecule has 0 aromatic carbocycles. The Hall–Kier alpha value is -1.27. The van der Waals surface area contributed by atoms with Gasteiger partial charge in [0.2, 0.25) is 0 Å². The predicted octanol–water partition coefficient (Wildman–Crippen LogP) is 1.48. The summed E-state index contributed by atoms with van der Waals surface area (Å²) in [6, 6.07) is -0.0231. The number of hydrogen-bond donors (Lipinski definition) is 2. The summed E-state index contributed by atoms with van der Waals surface area (Å²) in [5.74, 6) is 0.273. The van der Waals surface area contributed by atoms with Gasteiger partial charge < -0.3 is 10.9 Å². The molecule has 7 heteroatoms. The molecule has 1 aliphatic heterocycles. The first-order valence-electron chi connectivity index (χ1n) is 6.44. The molecule has 6 nitrogen and oxygen atoms in total. The zero-order valence-electron chi connectivity index (χ0n) is 11.3. The first-order valence-corrected chi connectivity index (χ1v) is 6.81. The highest BCUT2D eigenvalue weighted by Crippen LogP contribution is 2.25. The van der Waals surface area contributed by atoms with Crippen molar-refractivity contribution in [2.45, 2.75) is 38.8 Å². The molecule has 2 heterocycles. The molecule has 19 heavy (non-hydrogen) atoms. The fraction of sp³-hybridized carbons (Fsp3) is 0.667. The summed E-state index contributed by atoms with van der Waals surface area (Å²) in [5, 5.41) is 17.0. The van der Waals surface area contributed by atoms with Crippen molar-refractivity contribution in [1.82, 2.24) is 14.7 Å². The molecule has 1 atom stereocenters. The lowest BCUT2D eigenvalue weighted by Gasteiger charge is -2.34. The second-order valence-corrected chi connectivity index (χ2v) is 5.35. The third kappa shape index (κ3) is 2.84. The maximum absolute atomic E-state index is 8.88. The summed E-state index contributed by atoms with van der Waals surface area (Å²) in [5.41, 5.74) is 7.58. The van der Waals surface area contributed by atoms with Gasteiger partial charge in [-0.05, 0) is 26.3 Å². The minimum atomic E-state index is -0.0231. The summed E-state index contributed by atoms with van der Waals surface area (Å²) in [6.45, 7) is 3.47. The van der Waals surface area contributed by atoms with Crippen LogP contribution in [0.2, 0.25) is 5.02 Å². The number of nitrogens with zero attached hydrogens (tertiary/aromatic N) is 4. The summed E-state index contributed by atoms with van der Waals surface area (Å²) in [6.07, 6.45) is 3.11. The number of likely N-dealkylation sites (tertiary alicyclic amines) is 1. The molecular formula is C12H20ClN5O. The van der Waals surface area contributed by atoms with Crippen LogP contribution in [-0.2, 0) is 13.6 Å². The van der Waals surface area contributed by atoms with E-state index in [9.17, 15) is 0 Å². The first kappa shape index (κ1) is 14.1. The second-order valence-electron chi connectivity index (χ2n) is 4.98. The number of nitrogens with two attached hydrogens (primary N) is 1. The van der Waals surface area contributed by atoms with Crippen LogP contribution in [-0.4, -0.2) is 38.3 Å². The van der Waals surface area contributed by atoms with E-state index in [1.807, 2.05) is 14.0 Å². The lowest BCUT2D eigenvalue weighted by Crippen LogP contribution is -2.47. The predicted molar refractivity (Wildman–Crippen MR) is 74.4 cm³/mol. The van der Waals surface area contributed by atoms with Crippen LogP contribution >= 0.6 is 11.6 Å². The summed E-state index contributed by atoms with van der Waals surface area (Å²) < 4.78 is 1.80. The largest absolute Gasteiger partial charge is 0.409 e. The normalized spacial score (nSPS) is 21.8. The molecule has 106 valence electrons. The number of rotatable bonds is 3. The topological polar surface area (TPSA) is 79.7 Å². The molecule has 1 fully saturated rings. The van der Waals surface area contributed by atoms with Crippen molar-refractivity contribution in [3.05, 3.63) is 16.4 Å². The van der Waals surface area contributed by atoms with Crippen molar-refractivity contribution in [1.29, 1.82) is 0 Å². The molecule has 1 unspecified atom stereocenters. The lowest BCUT2D eigenvalue weighted by molar-refractivity contribution is 0.174. The van der Waals surface area contributed by atoms with E-state index in [1.54, 1.807) is 4.68 Å². The molecule has 0 aliphatic carbocycles. The standard InChI is InChI=1S/C12H20ClN5O/c1-8-11(13)10(17(2)15-8)7-18-6-4-3-5-9(18)12(14)16-19/h9,19H,3-7H2,1-2H3,(H2,14,16). The van der Waals surface area contributed by atoms with Crippen LogP contribution in [0.3, 0.4) is 0 Å². The molecule has 0 radical (unpaired) electrons. The van der Waals surface area contributed by atoms with Gasteiger partial charge >= 0.3 is 0 Å². The van der Waals surface area contributed by atoms with Crippen molar-refractivity contribution >= 4 is 17.4 Å². The molecule has 1 saturated heterocycles. The lowest BCUT2D eigenvalue weighted by atomic mass is 10.0.